The molecule has 4 heteroatoms. The summed E-state index contributed by atoms with van der Waals surface area (Å²) in [7, 11) is 0. The summed E-state index contributed by atoms with van der Waals surface area (Å²) in [6.07, 6.45) is 3.60. The quantitative estimate of drug-likeness (QED) is 0.678. The normalized spacial score (nSPS) is 13.7. The molecule has 4 nitrogen and oxygen atoms in total. The molecule has 0 atom stereocenters. The number of hydrogen-bond acceptors (Lipinski definition) is 4. The lowest BCUT2D eigenvalue weighted by molar-refractivity contribution is 0.363. The zero-order valence-corrected chi connectivity index (χ0v) is 10.6. The molecule has 1 aromatic heterocycles. The molecule has 0 unspecified atom stereocenters. The predicted octanol–water partition coefficient (Wildman–Crippen LogP) is 2.72. The van der Waals surface area contributed by atoms with Crippen molar-refractivity contribution in [1.82, 2.24) is 0 Å². The molecule has 1 aromatic carbocycles. The minimum atomic E-state index is -0.290. The number of fused-ring (bicyclic) bond motifs is 3. The molecular weight excluding hydrogens is 242 g/mol. The highest BCUT2D eigenvalue weighted by atomic mass is 16.5. The summed E-state index contributed by atoms with van der Waals surface area (Å²) in [5.41, 5.74) is 1.95. The van der Waals surface area contributed by atoms with E-state index in [1.807, 2.05) is 6.07 Å². The van der Waals surface area contributed by atoms with Gasteiger partial charge in [-0.25, -0.2) is 4.79 Å². The Balaban J connectivity index is 2.17. The second kappa shape index (κ2) is 4.80. The van der Waals surface area contributed by atoms with Gasteiger partial charge in [0.1, 0.15) is 23.6 Å². The Morgan fingerprint density at radius 1 is 1.47 bits per heavy atom. The predicted molar refractivity (Wildman–Crippen MR) is 75.0 cm³/mol. The van der Waals surface area contributed by atoms with E-state index < -0.39 is 0 Å². The lowest BCUT2D eigenvalue weighted by atomic mass is 10.0. The second-order valence-electron chi connectivity index (χ2n) is 4.53. The van der Waals surface area contributed by atoms with Crippen molar-refractivity contribution in [2.75, 3.05) is 18.5 Å². The van der Waals surface area contributed by atoms with E-state index in [9.17, 15) is 4.79 Å². The van der Waals surface area contributed by atoms with Gasteiger partial charge in [-0.15, -0.1) is 0 Å². The standard InChI is InChI=1S/C15H15NO3/c1-2-8-18-10-5-6-13-12(9-10)11-4-3-7-16-14(11)15(17)19-13/h2,5-6,9,16H,1,3-4,7-8H2. The highest BCUT2D eigenvalue weighted by Crippen LogP contribution is 2.29. The van der Waals surface area contributed by atoms with Gasteiger partial charge in [0.2, 0.25) is 0 Å². The van der Waals surface area contributed by atoms with Gasteiger partial charge in [0, 0.05) is 11.9 Å². The SMILES string of the molecule is C=CCOc1ccc2oc(=O)c3c(c2c1)CCCN3. The number of benzene rings is 1. The third kappa shape index (κ3) is 2.10. The molecule has 3 rings (SSSR count). The van der Waals surface area contributed by atoms with Crippen molar-refractivity contribution in [3.05, 3.63) is 46.8 Å². The fourth-order valence-corrected chi connectivity index (χ4v) is 2.40. The van der Waals surface area contributed by atoms with E-state index in [0.29, 0.717) is 17.9 Å². The number of nitrogens with one attached hydrogen (secondary N) is 1. The summed E-state index contributed by atoms with van der Waals surface area (Å²) < 4.78 is 10.9. The van der Waals surface area contributed by atoms with E-state index in [0.717, 1.165) is 36.1 Å². The number of ether oxygens (including phenoxy) is 1. The van der Waals surface area contributed by atoms with E-state index in [4.69, 9.17) is 9.15 Å². The maximum absolute atomic E-state index is 11.9. The first kappa shape index (κ1) is 11.8. The molecule has 0 amide bonds. The molecule has 0 spiro atoms. The molecule has 2 aromatic rings. The van der Waals surface area contributed by atoms with Gasteiger partial charge in [-0.2, -0.15) is 0 Å². The van der Waals surface area contributed by atoms with E-state index in [2.05, 4.69) is 11.9 Å². The highest BCUT2D eigenvalue weighted by molar-refractivity contribution is 5.86. The Hall–Kier alpha value is -2.23. The van der Waals surface area contributed by atoms with Gasteiger partial charge >= 0.3 is 5.63 Å². The molecule has 0 fully saturated rings. The molecule has 1 N–H and O–H groups in total. The Morgan fingerprint density at radius 3 is 3.21 bits per heavy atom. The molecule has 98 valence electrons. The number of hydrogen-bond donors (Lipinski definition) is 1. The van der Waals surface area contributed by atoms with Crippen molar-refractivity contribution >= 4 is 16.7 Å². The number of rotatable bonds is 3. The van der Waals surface area contributed by atoms with Gasteiger partial charge < -0.3 is 14.5 Å². The van der Waals surface area contributed by atoms with Crippen LogP contribution in [0.5, 0.6) is 5.75 Å². The monoisotopic (exact) mass is 257 g/mol. The smallest absolute Gasteiger partial charge is 0.360 e. The fraction of sp³-hybridized carbons (Fsp3) is 0.267. The van der Waals surface area contributed by atoms with Crippen LogP contribution < -0.4 is 15.7 Å². The van der Waals surface area contributed by atoms with Crippen molar-refractivity contribution in [3.63, 3.8) is 0 Å². The molecular formula is C15H15NO3. The summed E-state index contributed by atoms with van der Waals surface area (Å²) in [6, 6.07) is 5.51. The molecule has 0 radical (unpaired) electrons. The molecule has 19 heavy (non-hydrogen) atoms. The molecule has 0 aliphatic carbocycles. The van der Waals surface area contributed by atoms with E-state index in [1.165, 1.54) is 0 Å². The van der Waals surface area contributed by atoms with E-state index in [-0.39, 0.29) is 5.63 Å². The Labute approximate surface area is 110 Å². The summed E-state index contributed by atoms with van der Waals surface area (Å²) in [4.78, 5) is 11.9. The van der Waals surface area contributed by atoms with Gasteiger partial charge in [0.15, 0.2) is 0 Å². The Morgan fingerprint density at radius 2 is 2.37 bits per heavy atom. The third-order valence-electron chi connectivity index (χ3n) is 3.26. The van der Waals surface area contributed by atoms with Crippen LogP contribution >= 0.6 is 0 Å². The van der Waals surface area contributed by atoms with Crippen molar-refractivity contribution in [3.8, 4) is 5.75 Å². The van der Waals surface area contributed by atoms with Crippen molar-refractivity contribution in [1.29, 1.82) is 0 Å². The first-order valence-corrected chi connectivity index (χ1v) is 6.37. The van der Waals surface area contributed by atoms with Gasteiger partial charge in [0.05, 0.1) is 0 Å². The number of anilines is 1. The molecule has 2 heterocycles. The first-order valence-electron chi connectivity index (χ1n) is 6.37. The van der Waals surface area contributed by atoms with E-state index >= 15 is 0 Å². The van der Waals surface area contributed by atoms with Crippen molar-refractivity contribution in [2.24, 2.45) is 0 Å². The summed E-state index contributed by atoms with van der Waals surface area (Å²) in [5.74, 6) is 0.758. The van der Waals surface area contributed by atoms with Crippen LogP contribution in [0.15, 0.2) is 40.1 Å². The highest BCUT2D eigenvalue weighted by Gasteiger charge is 2.17. The average molecular weight is 257 g/mol. The minimum Gasteiger partial charge on any atom is -0.490 e. The summed E-state index contributed by atoms with van der Waals surface area (Å²) in [6.45, 7) is 4.90. The Bertz CT molecular complexity index is 688. The molecule has 0 saturated carbocycles. The average Bonchev–Trinajstić information content (AvgIpc) is 2.46. The third-order valence-corrected chi connectivity index (χ3v) is 3.26. The summed E-state index contributed by atoms with van der Waals surface area (Å²) in [5, 5.41) is 4.07. The lowest BCUT2D eigenvalue weighted by Gasteiger charge is -2.18. The van der Waals surface area contributed by atoms with Crippen LogP contribution in [-0.2, 0) is 6.42 Å². The molecule has 0 saturated heterocycles. The van der Waals surface area contributed by atoms with Crippen LogP contribution in [0.25, 0.3) is 11.0 Å². The van der Waals surface area contributed by atoms with Gasteiger partial charge in [-0.3, -0.25) is 0 Å². The van der Waals surface area contributed by atoms with Gasteiger partial charge in [-0.05, 0) is 36.6 Å². The minimum absolute atomic E-state index is 0.290. The maximum atomic E-state index is 11.9. The zero-order chi connectivity index (χ0) is 13.2. The zero-order valence-electron chi connectivity index (χ0n) is 10.6. The van der Waals surface area contributed by atoms with Crippen LogP contribution in [0, 0.1) is 0 Å². The van der Waals surface area contributed by atoms with Crippen LogP contribution in [-0.4, -0.2) is 13.2 Å². The van der Waals surface area contributed by atoms with E-state index in [1.54, 1.807) is 18.2 Å². The van der Waals surface area contributed by atoms with Crippen molar-refractivity contribution < 1.29 is 9.15 Å². The van der Waals surface area contributed by atoms with Crippen LogP contribution in [0.4, 0.5) is 5.69 Å². The number of aryl methyl sites for hydroxylation is 1. The Kier molecular flexibility index (Phi) is 2.99. The lowest BCUT2D eigenvalue weighted by Crippen LogP contribution is -2.19. The molecule has 0 bridgehead atoms. The first-order chi connectivity index (χ1) is 9.29. The summed E-state index contributed by atoms with van der Waals surface area (Å²) >= 11 is 0. The van der Waals surface area contributed by atoms with Crippen LogP contribution in [0.3, 0.4) is 0 Å². The largest absolute Gasteiger partial charge is 0.490 e. The van der Waals surface area contributed by atoms with Gasteiger partial charge in [-0.1, -0.05) is 12.7 Å². The van der Waals surface area contributed by atoms with Crippen LogP contribution in [0.1, 0.15) is 12.0 Å². The second-order valence-corrected chi connectivity index (χ2v) is 4.53. The van der Waals surface area contributed by atoms with Gasteiger partial charge in [0.25, 0.3) is 0 Å². The van der Waals surface area contributed by atoms with Crippen LogP contribution in [0.2, 0.25) is 0 Å². The topological polar surface area (TPSA) is 51.5 Å². The molecule has 1 aliphatic heterocycles. The van der Waals surface area contributed by atoms with Crippen molar-refractivity contribution in [2.45, 2.75) is 12.8 Å². The maximum Gasteiger partial charge on any atom is 0.360 e. The fourth-order valence-electron chi connectivity index (χ4n) is 2.40. The molecule has 1 aliphatic rings.